The van der Waals surface area contributed by atoms with Gasteiger partial charge in [-0.25, -0.2) is 13.1 Å². The van der Waals surface area contributed by atoms with Crippen molar-refractivity contribution in [2.24, 2.45) is 0 Å². The summed E-state index contributed by atoms with van der Waals surface area (Å²) in [5, 5.41) is 0.636. The third-order valence-corrected chi connectivity index (χ3v) is 5.51. The first-order valence-corrected chi connectivity index (χ1v) is 8.83. The van der Waals surface area contributed by atoms with Crippen LogP contribution in [0.5, 0.6) is 0 Å². The van der Waals surface area contributed by atoms with Gasteiger partial charge >= 0.3 is 0 Å². The zero-order chi connectivity index (χ0) is 15.5. The third kappa shape index (κ3) is 4.44. The highest BCUT2D eigenvalue weighted by Gasteiger charge is 2.17. The van der Waals surface area contributed by atoms with E-state index in [1.165, 1.54) is 6.07 Å². The molecule has 0 bridgehead atoms. The second kappa shape index (κ2) is 6.79. The number of nitrogens with two attached hydrogens (primary N) is 1. The Morgan fingerprint density at radius 1 is 1.19 bits per heavy atom. The van der Waals surface area contributed by atoms with Gasteiger partial charge in [0.15, 0.2) is 0 Å². The Morgan fingerprint density at radius 3 is 2.62 bits per heavy atom. The number of sulfonamides is 1. The summed E-state index contributed by atoms with van der Waals surface area (Å²) in [5.41, 5.74) is 7.08. The van der Waals surface area contributed by atoms with Crippen molar-refractivity contribution < 1.29 is 8.42 Å². The highest BCUT2D eigenvalue weighted by Crippen LogP contribution is 2.24. The number of hydrogen-bond acceptors (Lipinski definition) is 3. The molecular formula is C14H14BrClN2O2S. The molecule has 0 atom stereocenters. The summed E-state index contributed by atoms with van der Waals surface area (Å²) in [7, 11) is -3.57. The van der Waals surface area contributed by atoms with Gasteiger partial charge < -0.3 is 5.73 Å². The Hall–Kier alpha value is -1.08. The summed E-state index contributed by atoms with van der Waals surface area (Å²) >= 11 is 9.10. The van der Waals surface area contributed by atoms with E-state index in [0.717, 1.165) is 5.56 Å². The fourth-order valence-electron chi connectivity index (χ4n) is 1.83. The van der Waals surface area contributed by atoms with Crippen LogP contribution in [0.1, 0.15) is 5.56 Å². The number of anilines is 1. The van der Waals surface area contributed by atoms with Crippen LogP contribution >= 0.6 is 27.5 Å². The molecule has 21 heavy (non-hydrogen) atoms. The number of hydrogen-bond donors (Lipinski definition) is 2. The van der Waals surface area contributed by atoms with Crippen molar-refractivity contribution in [1.29, 1.82) is 0 Å². The van der Waals surface area contributed by atoms with Gasteiger partial charge in [-0.3, -0.25) is 0 Å². The van der Waals surface area contributed by atoms with Gasteiger partial charge in [0.05, 0.1) is 4.90 Å². The monoisotopic (exact) mass is 388 g/mol. The molecule has 0 aromatic heterocycles. The van der Waals surface area contributed by atoms with Crippen LogP contribution in [0.4, 0.5) is 5.69 Å². The molecule has 0 saturated carbocycles. The molecule has 0 aliphatic heterocycles. The van der Waals surface area contributed by atoms with Crippen molar-refractivity contribution in [1.82, 2.24) is 4.72 Å². The summed E-state index contributed by atoms with van der Waals surface area (Å²) in [6, 6.07) is 11.9. The van der Waals surface area contributed by atoms with Gasteiger partial charge in [-0.1, -0.05) is 23.7 Å². The molecule has 4 nitrogen and oxygen atoms in total. The van der Waals surface area contributed by atoms with E-state index in [4.69, 9.17) is 17.3 Å². The Morgan fingerprint density at radius 2 is 1.95 bits per heavy atom. The smallest absolute Gasteiger partial charge is 0.241 e. The van der Waals surface area contributed by atoms with Crippen molar-refractivity contribution in [3.8, 4) is 0 Å². The molecule has 112 valence electrons. The van der Waals surface area contributed by atoms with Crippen molar-refractivity contribution in [2.45, 2.75) is 11.3 Å². The SMILES string of the molecule is Nc1ccc(S(=O)(=O)NCCc2cccc(Cl)c2)c(Br)c1. The van der Waals surface area contributed by atoms with Crippen LogP contribution in [0.25, 0.3) is 0 Å². The first kappa shape index (κ1) is 16.3. The Balaban J connectivity index is 2.05. The van der Waals surface area contributed by atoms with E-state index in [1.807, 2.05) is 18.2 Å². The molecule has 0 fully saturated rings. The number of nitrogens with one attached hydrogen (secondary N) is 1. The summed E-state index contributed by atoms with van der Waals surface area (Å²) < 4.78 is 27.4. The van der Waals surface area contributed by atoms with Gasteiger partial charge in [0.1, 0.15) is 0 Å². The van der Waals surface area contributed by atoms with E-state index in [-0.39, 0.29) is 4.90 Å². The minimum atomic E-state index is -3.57. The van der Waals surface area contributed by atoms with Crippen molar-refractivity contribution in [3.05, 3.63) is 57.5 Å². The van der Waals surface area contributed by atoms with E-state index in [2.05, 4.69) is 20.7 Å². The fourth-order valence-corrected chi connectivity index (χ4v) is 4.17. The lowest BCUT2D eigenvalue weighted by Crippen LogP contribution is -2.26. The molecule has 0 spiro atoms. The lowest BCUT2D eigenvalue weighted by molar-refractivity contribution is 0.581. The third-order valence-electron chi connectivity index (χ3n) is 2.84. The highest BCUT2D eigenvalue weighted by molar-refractivity contribution is 9.10. The predicted molar refractivity (Wildman–Crippen MR) is 88.9 cm³/mol. The zero-order valence-corrected chi connectivity index (χ0v) is 14.2. The van der Waals surface area contributed by atoms with Crippen molar-refractivity contribution >= 4 is 43.2 Å². The average Bonchev–Trinajstić information content (AvgIpc) is 2.38. The quantitative estimate of drug-likeness (QED) is 0.771. The Labute approximate surface area is 137 Å². The number of rotatable bonds is 5. The molecule has 0 unspecified atom stereocenters. The van der Waals surface area contributed by atoms with Gasteiger partial charge in [0, 0.05) is 21.7 Å². The minimum Gasteiger partial charge on any atom is -0.399 e. The fraction of sp³-hybridized carbons (Fsp3) is 0.143. The van der Waals surface area contributed by atoms with E-state index in [9.17, 15) is 8.42 Å². The lowest BCUT2D eigenvalue weighted by Gasteiger charge is -2.09. The van der Waals surface area contributed by atoms with Crippen LogP contribution in [0, 0.1) is 0 Å². The number of nitrogen functional groups attached to an aromatic ring is 1. The molecule has 0 aliphatic rings. The van der Waals surface area contributed by atoms with Crippen LogP contribution in [-0.2, 0) is 16.4 Å². The lowest BCUT2D eigenvalue weighted by atomic mass is 10.2. The summed E-state index contributed by atoms with van der Waals surface area (Å²) in [6.07, 6.45) is 0.562. The second-order valence-electron chi connectivity index (χ2n) is 4.47. The molecule has 0 radical (unpaired) electrons. The van der Waals surface area contributed by atoms with Gasteiger partial charge in [-0.05, 0) is 58.2 Å². The van der Waals surface area contributed by atoms with Crippen LogP contribution in [0.2, 0.25) is 5.02 Å². The first-order valence-electron chi connectivity index (χ1n) is 6.17. The first-order chi connectivity index (χ1) is 9.88. The van der Waals surface area contributed by atoms with Crippen LogP contribution < -0.4 is 10.5 Å². The molecule has 2 rings (SSSR count). The molecule has 2 aromatic rings. The summed E-state index contributed by atoms with van der Waals surface area (Å²) in [6.45, 7) is 0.291. The summed E-state index contributed by atoms with van der Waals surface area (Å²) in [5.74, 6) is 0. The summed E-state index contributed by atoms with van der Waals surface area (Å²) in [4.78, 5) is 0.169. The molecular weight excluding hydrogens is 376 g/mol. The molecule has 0 amide bonds. The zero-order valence-electron chi connectivity index (χ0n) is 11.0. The number of benzene rings is 2. The predicted octanol–water partition coefficient (Wildman–Crippen LogP) is 3.21. The molecule has 3 N–H and O–H groups in total. The molecule has 0 saturated heterocycles. The molecule has 7 heteroatoms. The normalized spacial score (nSPS) is 11.5. The molecule has 0 heterocycles. The van der Waals surface area contributed by atoms with Gasteiger partial charge in [-0.2, -0.15) is 0 Å². The van der Waals surface area contributed by atoms with E-state index in [1.54, 1.807) is 18.2 Å². The topological polar surface area (TPSA) is 72.2 Å². The van der Waals surface area contributed by atoms with E-state index < -0.39 is 10.0 Å². The maximum atomic E-state index is 12.2. The van der Waals surface area contributed by atoms with Gasteiger partial charge in [0.25, 0.3) is 0 Å². The number of halogens is 2. The van der Waals surface area contributed by atoms with E-state index in [0.29, 0.717) is 28.1 Å². The van der Waals surface area contributed by atoms with Gasteiger partial charge in [-0.15, -0.1) is 0 Å². The minimum absolute atomic E-state index is 0.169. The van der Waals surface area contributed by atoms with Crippen molar-refractivity contribution in [2.75, 3.05) is 12.3 Å². The van der Waals surface area contributed by atoms with E-state index >= 15 is 0 Å². The largest absolute Gasteiger partial charge is 0.399 e. The van der Waals surface area contributed by atoms with Crippen LogP contribution in [0.15, 0.2) is 51.8 Å². The Bertz CT molecular complexity index is 750. The maximum Gasteiger partial charge on any atom is 0.241 e. The average molecular weight is 390 g/mol. The van der Waals surface area contributed by atoms with Crippen molar-refractivity contribution in [3.63, 3.8) is 0 Å². The van der Waals surface area contributed by atoms with Crippen LogP contribution in [-0.4, -0.2) is 15.0 Å². The second-order valence-corrected chi connectivity index (χ2v) is 7.49. The standard InChI is InChI=1S/C14H14BrClN2O2S/c15-13-9-12(17)4-5-14(13)21(19,20)18-7-6-10-2-1-3-11(16)8-10/h1-5,8-9,18H,6-7,17H2. The maximum absolute atomic E-state index is 12.2. The highest BCUT2D eigenvalue weighted by atomic mass is 79.9. The molecule has 2 aromatic carbocycles. The Kier molecular flexibility index (Phi) is 5.27. The van der Waals surface area contributed by atoms with Gasteiger partial charge in [0.2, 0.25) is 10.0 Å². The molecule has 0 aliphatic carbocycles. The van der Waals surface area contributed by atoms with Crippen LogP contribution in [0.3, 0.4) is 0 Å².